The average molecular weight is 344 g/mol. The topological polar surface area (TPSA) is 87.0 Å². The van der Waals surface area contributed by atoms with Gasteiger partial charge in [-0.15, -0.1) is 0 Å². The van der Waals surface area contributed by atoms with Crippen LogP contribution in [0.2, 0.25) is 0 Å². The molecule has 4 rings (SSSR count). The summed E-state index contributed by atoms with van der Waals surface area (Å²) in [4.78, 5) is 13.0. The molecule has 134 valence electrons. The highest BCUT2D eigenvalue weighted by molar-refractivity contribution is 6.13. The van der Waals surface area contributed by atoms with Gasteiger partial charge in [0.05, 0.1) is 12.2 Å². The number of aliphatic hydroxyl groups is 1. The molecule has 1 heterocycles. The lowest BCUT2D eigenvalue weighted by atomic mass is 9.54. The van der Waals surface area contributed by atoms with E-state index < -0.39 is 11.2 Å². The Hall–Kier alpha value is -2.17. The molecule has 0 spiro atoms. The third-order valence-electron chi connectivity index (χ3n) is 6.35. The summed E-state index contributed by atoms with van der Waals surface area (Å²) in [6.45, 7) is 8.18. The van der Waals surface area contributed by atoms with E-state index in [9.17, 15) is 20.1 Å². The van der Waals surface area contributed by atoms with Crippen LogP contribution in [0.1, 0.15) is 74.4 Å². The number of hydrogen-bond acceptors (Lipinski definition) is 5. The van der Waals surface area contributed by atoms with Gasteiger partial charge in [-0.3, -0.25) is 4.79 Å². The van der Waals surface area contributed by atoms with Crippen LogP contribution in [0.25, 0.3) is 0 Å². The van der Waals surface area contributed by atoms with Gasteiger partial charge in [-0.1, -0.05) is 34.1 Å². The van der Waals surface area contributed by atoms with Gasteiger partial charge >= 0.3 is 0 Å². The Balaban J connectivity index is 2.12. The number of aliphatic hydroxyl groups excluding tert-OH is 1. The van der Waals surface area contributed by atoms with Gasteiger partial charge in [0, 0.05) is 22.5 Å². The fourth-order valence-corrected chi connectivity index (χ4v) is 5.32. The lowest BCUT2D eigenvalue weighted by Crippen LogP contribution is -2.43. The molecule has 1 aliphatic heterocycles. The predicted molar refractivity (Wildman–Crippen MR) is 92.7 cm³/mol. The summed E-state index contributed by atoms with van der Waals surface area (Å²) in [5.41, 5.74) is 0.489. The van der Waals surface area contributed by atoms with E-state index in [0.717, 1.165) is 12.8 Å². The number of carbonyl (C=O) groups excluding carboxylic acids is 1. The summed E-state index contributed by atoms with van der Waals surface area (Å²) >= 11 is 0. The molecule has 3 aliphatic rings. The summed E-state index contributed by atoms with van der Waals surface area (Å²) in [6, 6.07) is 0. The maximum Gasteiger partial charge on any atom is 0.231 e. The van der Waals surface area contributed by atoms with Crippen LogP contribution in [0.15, 0.2) is 11.3 Å². The molecule has 0 bridgehead atoms. The quantitative estimate of drug-likeness (QED) is 0.618. The average Bonchev–Trinajstić information content (AvgIpc) is 2.90. The van der Waals surface area contributed by atoms with Gasteiger partial charge in [0.15, 0.2) is 17.3 Å². The number of hydrogen-bond donors (Lipinski definition) is 3. The monoisotopic (exact) mass is 344 g/mol. The first-order valence-electron chi connectivity index (χ1n) is 8.85. The Morgan fingerprint density at radius 3 is 2.44 bits per heavy atom. The molecular weight excluding hydrogens is 320 g/mol. The van der Waals surface area contributed by atoms with Gasteiger partial charge in [-0.05, 0) is 23.8 Å². The molecule has 1 fully saturated rings. The number of ether oxygens (including phenoxy) is 1. The molecule has 1 aromatic carbocycles. The first-order chi connectivity index (χ1) is 11.6. The number of benzene rings is 1. The molecule has 1 aromatic rings. The minimum Gasteiger partial charge on any atom is -0.507 e. The van der Waals surface area contributed by atoms with Crippen molar-refractivity contribution in [3.8, 4) is 17.2 Å². The number of phenols is 2. The molecule has 5 heteroatoms. The normalized spacial score (nSPS) is 29.8. The van der Waals surface area contributed by atoms with Crippen LogP contribution in [0.5, 0.6) is 17.2 Å². The standard InChI is InChI=1S/C20H24O5/c1-9-8-25-17-10(9)13(21)11-12(15(17)23)20(4)7-5-6-19(2,3)18(20)16(24)14(11)22/h9,21,23-24H,5-8H2,1-4H3. The first-order valence-corrected chi connectivity index (χ1v) is 8.85. The number of phenolic OH excluding ortho intramolecular Hbond substituents is 2. The van der Waals surface area contributed by atoms with Crippen LogP contribution >= 0.6 is 0 Å². The van der Waals surface area contributed by atoms with E-state index in [1.807, 2.05) is 27.7 Å². The largest absolute Gasteiger partial charge is 0.507 e. The number of Topliss-reactive ketones (excluding diaryl/α,β-unsaturated/α-hetero) is 1. The highest BCUT2D eigenvalue weighted by Crippen LogP contribution is 2.62. The molecule has 2 atom stereocenters. The fraction of sp³-hybridized carbons (Fsp3) is 0.550. The Labute approximate surface area is 146 Å². The third-order valence-corrected chi connectivity index (χ3v) is 6.35. The van der Waals surface area contributed by atoms with E-state index in [1.54, 1.807) is 0 Å². The maximum atomic E-state index is 13.0. The van der Waals surface area contributed by atoms with Crippen molar-refractivity contribution in [3.63, 3.8) is 0 Å². The SMILES string of the molecule is CC1COc2c(O)c3c(c(O)c21)C(=O)C(O)=C1C(C)(C)CCCC13C. The van der Waals surface area contributed by atoms with Gasteiger partial charge in [0.25, 0.3) is 0 Å². The van der Waals surface area contributed by atoms with E-state index in [4.69, 9.17) is 4.74 Å². The Morgan fingerprint density at radius 2 is 1.76 bits per heavy atom. The highest BCUT2D eigenvalue weighted by Gasteiger charge is 2.53. The molecule has 25 heavy (non-hydrogen) atoms. The van der Waals surface area contributed by atoms with Crippen molar-refractivity contribution < 1.29 is 24.9 Å². The van der Waals surface area contributed by atoms with Crippen molar-refractivity contribution in [2.75, 3.05) is 6.61 Å². The molecule has 0 amide bonds. The second kappa shape index (κ2) is 4.71. The van der Waals surface area contributed by atoms with E-state index in [-0.39, 0.29) is 39.9 Å². The van der Waals surface area contributed by atoms with Crippen molar-refractivity contribution in [2.45, 2.75) is 58.3 Å². The van der Waals surface area contributed by atoms with Gasteiger partial charge in [0.2, 0.25) is 5.78 Å². The molecule has 2 aliphatic carbocycles. The van der Waals surface area contributed by atoms with Crippen LogP contribution in [0, 0.1) is 5.41 Å². The number of aromatic hydroxyl groups is 2. The van der Waals surface area contributed by atoms with E-state index >= 15 is 0 Å². The van der Waals surface area contributed by atoms with Crippen LogP contribution in [0.4, 0.5) is 0 Å². The second-order valence-electron chi connectivity index (χ2n) is 8.52. The zero-order chi connectivity index (χ0) is 18.3. The Kier molecular flexibility index (Phi) is 3.07. The van der Waals surface area contributed by atoms with Crippen LogP contribution < -0.4 is 4.74 Å². The second-order valence-corrected chi connectivity index (χ2v) is 8.52. The molecule has 0 radical (unpaired) electrons. The van der Waals surface area contributed by atoms with E-state index in [0.29, 0.717) is 29.7 Å². The smallest absolute Gasteiger partial charge is 0.231 e. The summed E-state index contributed by atoms with van der Waals surface area (Å²) in [7, 11) is 0. The lowest BCUT2D eigenvalue weighted by Gasteiger charge is -2.49. The molecule has 5 nitrogen and oxygen atoms in total. The number of carbonyl (C=O) groups is 1. The van der Waals surface area contributed by atoms with Gasteiger partial charge < -0.3 is 20.1 Å². The molecule has 2 unspecified atom stereocenters. The summed E-state index contributed by atoms with van der Waals surface area (Å²) in [6.07, 6.45) is 2.45. The number of fused-ring (bicyclic) bond motifs is 4. The predicted octanol–water partition coefficient (Wildman–Crippen LogP) is 4.07. The zero-order valence-electron chi connectivity index (χ0n) is 15.1. The molecule has 1 saturated carbocycles. The van der Waals surface area contributed by atoms with Crippen LogP contribution in [0.3, 0.4) is 0 Å². The molecule has 0 saturated heterocycles. The number of ketones is 1. The summed E-state index contributed by atoms with van der Waals surface area (Å²) < 4.78 is 5.63. The van der Waals surface area contributed by atoms with Crippen molar-refractivity contribution >= 4 is 5.78 Å². The molecule has 0 aromatic heterocycles. The van der Waals surface area contributed by atoms with Crippen molar-refractivity contribution in [3.05, 3.63) is 28.0 Å². The summed E-state index contributed by atoms with van der Waals surface area (Å²) in [5.74, 6) is -0.948. The minimum atomic E-state index is -0.707. The third kappa shape index (κ3) is 1.81. The van der Waals surface area contributed by atoms with Crippen LogP contribution in [-0.4, -0.2) is 27.7 Å². The van der Waals surface area contributed by atoms with Gasteiger partial charge in [-0.2, -0.15) is 0 Å². The lowest BCUT2D eigenvalue weighted by molar-refractivity contribution is 0.0935. The van der Waals surface area contributed by atoms with Crippen molar-refractivity contribution in [2.24, 2.45) is 5.41 Å². The van der Waals surface area contributed by atoms with Crippen molar-refractivity contribution in [1.29, 1.82) is 0 Å². The minimum absolute atomic E-state index is 0.0371. The van der Waals surface area contributed by atoms with E-state index in [2.05, 4.69) is 0 Å². The van der Waals surface area contributed by atoms with E-state index in [1.165, 1.54) is 0 Å². The number of rotatable bonds is 0. The van der Waals surface area contributed by atoms with Gasteiger partial charge in [0.1, 0.15) is 5.75 Å². The molecule has 3 N–H and O–H groups in total. The van der Waals surface area contributed by atoms with Gasteiger partial charge in [-0.25, -0.2) is 0 Å². The Bertz CT molecular complexity index is 848. The molecular formula is C20H24O5. The van der Waals surface area contributed by atoms with Crippen molar-refractivity contribution in [1.82, 2.24) is 0 Å². The Morgan fingerprint density at radius 1 is 1.08 bits per heavy atom. The maximum absolute atomic E-state index is 13.0. The van der Waals surface area contributed by atoms with Crippen LogP contribution in [-0.2, 0) is 5.41 Å². The number of allylic oxidation sites excluding steroid dienone is 2. The highest BCUT2D eigenvalue weighted by atomic mass is 16.5. The zero-order valence-corrected chi connectivity index (χ0v) is 15.1. The first kappa shape index (κ1) is 16.3. The fourth-order valence-electron chi connectivity index (χ4n) is 5.32. The summed E-state index contributed by atoms with van der Waals surface area (Å²) in [5, 5.41) is 32.6.